The molecular weight excluding hydrogens is 164 g/mol. The molecule has 4 bridgehead atoms. The summed E-state index contributed by atoms with van der Waals surface area (Å²) in [6.07, 6.45) is 3.85. The number of hydrogen-bond donors (Lipinski definition) is 1. The molecule has 1 aliphatic heterocycles. The number of hydrogen-bond acceptors (Lipinski definition) is 2. The van der Waals surface area contributed by atoms with E-state index in [0.29, 0.717) is 18.4 Å². The van der Waals surface area contributed by atoms with Gasteiger partial charge in [0, 0.05) is 6.61 Å². The van der Waals surface area contributed by atoms with Crippen molar-refractivity contribution in [3.8, 4) is 0 Å². The van der Waals surface area contributed by atoms with Crippen molar-refractivity contribution >= 4 is 0 Å². The average molecular weight is 182 g/mol. The van der Waals surface area contributed by atoms with E-state index in [-0.39, 0.29) is 5.60 Å². The highest BCUT2D eigenvalue weighted by molar-refractivity contribution is 5.07. The maximum Gasteiger partial charge on any atom is 0.0689 e. The highest BCUT2D eigenvalue weighted by Crippen LogP contribution is 2.58. The molecule has 0 aromatic carbocycles. The minimum atomic E-state index is 0.180. The van der Waals surface area contributed by atoms with Crippen molar-refractivity contribution in [3.63, 3.8) is 0 Å². The van der Waals surface area contributed by atoms with Gasteiger partial charge in [-0.1, -0.05) is 0 Å². The van der Waals surface area contributed by atoms with Crippen molar-refractivity contribution < 1.29 is 9.84 Å². The molecule has 13 heavy (non-hydrogen) atoms. The van der Waals surface area contributed by atoms with Gasteiger partial charge in [0.1, 0.15) is 0 Å². The Kier molecular flexibility index (Phi) is 1.58. The highest BCUT2D eigenvalue weighted by Gasteiger charge is 2.58. The molecular formula is C11H18O2. The zero-order valence-corrected chi connectivity index (χ0v) is 8.20. The van der Waals surface area contributed by atoms with Gasteiger partial charge in [-0.2, -0.15) is 0 Å². The molecule has 1 heterocycles. The summed E-state index contributed by atoms with van der Waals surface area (Å²) >= 11 is 0. The van der Waals surface area contributed by atoms with E-state index in [1.165, 1.54) is 19.3 Å². The van der Waals surface area contributed by atoms with Crippen LogP contribution in [-0.2, 0) is 4.74 Å². The van der Waals surface area contributed by atoms with Crippen molar-refractivity contribution in [1.29, 1.82) is 0 Å². The van der Waals surface area contributed by atoms with Gasteiger partial charge in [-0.15, -0.1) is 0 Å². The standard InChI is InChI=1S/C11H18O2/c1-11-4-7-2-3-10(11)9(6-13-11)8(7)5-12/h7-10,12H,2-6H2,1H3/t7-,8-,9+,10-,11-/m1/s1. The minimum absolute atomic E-state index is 0.180. The fourth-order valence-corrected chi connectivity index (χ4v) is 4.13. The molecule has 4 rings (SSSR count). The zero-order chi connectivity index (χ0) is 9.05. The molecule has 0 amide bonds. The average Bonchev–Trinajstić information content (AvgIpc) is 2.40. The lowest BCUT2D eigenvalue weighted by Gasteiger charge is -2.50. The number of aliphatic hydroxyl groups excluding tert-OH is 1. The molecule has 1 saturated heterocycles. The molecule has 2 heteroatoms. The van der Waals surface area contributed by atoms with E-state index < -0.39 is 0 Å². The second-order valence-electron chi connectivity index (χ2n) is 5.28. The Bertz CT molecular complexity index is 228. The topological polar surface area (TPSA) is 29.5 Å². The van der Waals surface area contributed by atoms with E-state index in [9.17, 15) is 5.11 Å². The molecule has 2 nitrogen and oxygen atoms in total. The first-order chi connectivity index (χ1) is 6.24. The molecule has 5 atom stereocenters. The predicted molar refractivity (Wildman–Crippen MR) is 49.3 cm³/mol. The van der Waals surface area contributed by atoms with E-state index in [2.05, 4.69) is 6.92 Å². The van der Waals surface area contributed by atoms with Crippen molar-refractivity contribution in [2.24, 2.45) is 23.7 Å². The van der Waals surface area contributed by atoms with Gasteiger partial charge < -0.3 is 9.84 Å². The van der Waals surface area contributed by atoms with Gasteiger partial charge in [0.25, 0.3) is 0 Å². The molecule has 3 saturated carbocycles. The van der Waals surface area contributed by atoms with Gasteiger partial charge in [-0.3, -0.25) is 0 Å². The predicted octanol–water partition coefficient (Wildman–Crippen LogP) is 1.43. The monoisotopic (exact) mass is 182 g/mol. The van der Waals surface area contributed by atoms with Crippen LogP contribution in [-0.4, -0.2) is 23.9 Å². The molecule has 0 aromatic heterocycles. The lowest BCUT2D eigenvalue weighted by molar-refractivity contribution is -0.0806. The molecule has 0 aromatic rings. The van der Waals surface area contributed by atoms with Crippen LogP contribution in [0.25, 0.3) is 0 Å². The van der Waals surface area contributed by atoms with Crippen LogP contribution in [0.1, 0.15) is 26.2 Å². The second-order valence-corrected chi connectivity index (χ2v) is 5.28. The third kappa shape index (κ3) is 0.909. The largest absolute Gasteiger partial charge is 0.396 e. The third-order valence-corrected chi connectivity index (χ3v) is 4.79. The quantitative estimate of drug-likeness (QED) is 0.664. The molecule has 4 fully saturated rings. The fourth-order valence-electron chi connectivity index (χ4n) is 4.13. The Morgan fingerprint density at radius 3 is 3.08 bits per heavy atom. The maximum absolute atomic E-state index is 9.36. The summed E-state index contributed by atoms with van der Waals surface area (Å²) in [4.78, 5) is 0. The van der Waals surface area contributed by atoms with Crippen molar-refractivity contribution in [3.05, 3.63) is 0 Å². The van der Waals surface area contributed by atoms with E-state index in [1.807, 2.05) is 0 Å². The molecule has 0 spiro atoms. The summed E-state index contributed by atoms with van der Waals surface area (Å²) in [7, 11) is 0. The molecule has 0 radical (unpaired) electrons. The van der Waals surface area contributed by atoms with E-state index in [0.717, 1.165) is 18.4 Å². The van der Waals surface area contributed by atoms with Crippen LogP contribution in [0.5, 0.6) is 0 Å². The van der Waals surface area contributed by atoms with Gasteiger partial charge in [0.15, 0.2) is 0 Å². The van der Waals surface area contributed by atoms with Gasteiger partial charge >= 0.3 is 0 Å². The third-order valence-electron chi connectivity index (χ3n) is 4.79. The number of ether oxygens (including phenoxy) is 1. The number of aliphatic hydroxyl groups is 1. The number of rotatable bonds is 1. The van der Waals surface area contributed by atoms with Crippen LogP contribution < -0.4 is 0 Å². The molecule has 3 aliphatic carbocycles. The van der Waals surface area contributed by atoms with Crippen LogP contribution in [0.15, 0.2) is 0 Å². The van der Waals surface area contributed by atoms with Crippen LogP contribution in [0, 0.1) is 23.7 Å². The van der Waals surface area contributed by atoms with Gasteiger partial charge in [0.2, 0.25) is 0 Å². The van der Waals surface area contributed by atoms with Gasteiger partial charge in [-0.25, -0.2) is 0 Å². The first kappa shape index (κ1) is 8.25. The smallest absolute Gasteiger partial charge is 0.0689 e. The molecule has 1 N–H and O–H groups in total. The fraction of sp³-hybridized carbons (Fsp3) is 1.00. The van der Waals surface area contributed by atoms with Crippen molar-refractivity contribution in [1.82, 2.24) is 0 Å². The lowest BCUT2D eigenvalue weighted by atomic mass is 9.55. The zero-order valence-electron chi connectivity index (χ0n) is 8.20. The normalized spacial score (nSPS) is 58.6. The van der Waals surface area contributed by atoms with Gasteiger partial charge in [0.05, 0.1) is 12.2 Å². The van der Waals surface area contributed by atoms with Crippen LogP contribution in [0.3, 0.4) is 0 Å². The SMILES string of the molecule is C[C@@]12C[C@H]3CC[C@@H]1[C@@H](CO2)[C@@H]3CO. The van der Waals surface area contributed by atoms with E-state index in [4.69, 9.17) is 4.74 Å². The second kappa shape index (κ2) is 2.48. The highest BCUT2D eigenvalue weighted by atomic mass is 16.5. The summed E-state index contributed by atoms with van der Waals surface area (Å²) in [5.41, 5.74) is 0.180. The summed E-state index contributed by atoms with van der Waals surface area (Å²) in [6.45, 7) is 3.56. The molecule has 4 aliphatic rings. The van der Waals surface area contributed by atoms with Gasteiger partial charge in [-0.05, 0) is 49.9 Å². The molecule has 0 unspecified atom stereocenters. The van der Waals surface area contributed by atoms with Crippen molar-refractivity contribution in [2.45, 2.75) is 31.8 Å². The van der Waals surface area contributed by atoms with E-state index >= 15 is 0 Å². The van der Waals surface area contributed by atoms with Crippen LogP contribution >= 0.6 is 0 Å². The Morgan fingerprint density at radius 1 is 1.46 bits per heavy atom. The summed E-state index contributed by atoms with van der Waals surface area (Å²) in [5.74, 6) is 2.71. The Balaban J connectivity index is 1.95. The Morgan fingerprint density at radius 2 is 2.31 bits per heavy atom. The summed E-state index contributed by atoms with van der Waals surface area (Å²) < 4.78 is 5.92. The lowest BCUT2D eigenvalue weighted by Crippen LogP contribution is -2.50. The number of fused-ring (bicyclic) bond motifs is 1. The van der Waals surface area contributed by atoms with Crippen molar-refractivity contribution in [2.75, 3.05) is 13.2 Å². The summed E-state index contributed by atoms with van der Waals surface area (Å²) in [5, 5.41) is 9.36. The Hall–Kier alpha value is -0.0800. The minimum Gasteiger partial charge on any atom is -0.396 e. The maximum atomic E-state index is 9.36. The summed E-state index contributed by atoms with van der Waals surface area (Å²) in [6, 6.07) is 0. The van der Waals surface area contributed by atoms with Crippen LogP contribution in [0.2, 0.25) is 0 Å². The molecule has 74 valence electrons. The first-order valence-corrected chi connectivity index (χ1v) is 5.49. The Labute approximate surface area is 79.3 Å². The van der Waals surface area contributed by atoms with E-state index in [1.54, 1.807) is 0 Å². The van der Waals surface area contributed by atoms with Crippen LogP contribution in [0.4, 0.5) is 0 Å². The first-order valence-electron chi connectivity index (χ1n) is 5.49.